The molecule has 7 heteroatoms. The lowest BCUT2D eigenvalue weighted by Gasteiger charge is -2.09. The SMILES string of the molecule is CCOc1ccccc1OCc1nnc(-c2ccc(Cl)cc2Cl)o1. The van der Waals surface area contributed by atoms with E-state index < -0.39 is 0 Å². The molecule has 0 fully saturated rings. The van der Waals surface area contributed by atoms with Gasteiger partial charge in [0.05, 0.1) is 17.2 Å². The summed E-state index contributed by atoms with van der Waals surface area (Å²) in [5, 5.41) is 8.95. The number of hydrogen-bond donors (Lipinski definition) is 0. The van der Waals surface area contributed by atoms with Crippen LogP contribution in [0.5, 0.6) is 11.5 Å². The van der Waals surface area contributed by atoms with Crippen molar-refractivity contribution in [1.82, 2.24) is 10.2 Å². The maximum absolute atomic E-state index is 6.14. The predicted octanol–water partition coefficient (Wildman–Crippen LogP) is 5.02. The number of aromatic nitrogens is 2. The van der Waals surface area contributed by atoms with Gasteiger partial charge < -0.3 is 13.9 Å². The second kappa shape index (κ2) is 7.55. The Hall–Kier alpha value is -2.24. The molecule has 0 aliphatic heterocycles. The third-order valence-electron chi connectivity index (χ3n) is 3.13. The maximum atomic E-state index is 6.14. The molecule has 0 amide bonds. The smallest absolute Gasteiger partial charge is 0.254 e. The zero-order valence-electron chi connectivity index (χ0n) is 12.8. The molecule has 1 aromatic heterocycles. The highest BCUT2D eigenvalue weighted by Crippen LogP contribution is 2.30. The number of rotatable bonds is 6. The Morgan fingerprint density at radius 1 is 1.00 bits per heavy atom. The van der Waals surface area contributed by atoms with Gasteiger partial charge in [-0.15, -0.1) is 10.2 Å². The third-order valence-corrected chi connectivity index (χ3v) is 3.68. The van der Waals surface area contributed by atoms with E-state index in [0.29, 0.717) is 45.5 Å². The van der Waals surface area contributed by atoms with Crippen molar-refractivity contribution in [2.24, 2.45) is 0 Å². The topological polar surface area (TPSA) is 57.4 Å². The van der Waals surface area contributed by atoms with Crippen LogP contribution in [-0.4, -0.2) is 16.8 Å². The van der Waals surface area contributed by atoms with Crippen LogP contribution < -0.4 is 9.47 Å². The van der Waals surface area contributed by atoms with Crippen LogP contribution >= 0.6 is 23.2 Å². The van der Waals surface area contributed by atoms with Gasteiger partial charge in [-0.05, 0) is 37.3 Å². The van der Waals surface area contributed by atoms with Gasteiger partial charge in [-0.25, -0.2) is 0 Å². The van der Waals surface area contributed by atoms with E-state index >= 15 is 0 Å². The van der Waals surface area contributed by atoms with Crippen molar-refractivity contribution in [1.29, 1.82) is 0 Å². The van der Waals surface area contributed by atoms with Crippen molar-refractivity contribution >= 4 is 23.2 Å². The van der Waals surface area contributed by atoms with Crippen LogP contribution in [0.4, 0.5) is 0 Å². The van der Waals surface area contributed by atoms with Crippen LogP contribution in [0.15, 0.2) is 46.9 Å². The average Bonchev–Trinajstić information content (AvgIpc) is 3.03. The van der Waals surface area contributed by atoms with E-state index in [1.807, 2.05) is 31.2 Å². The van der Waals surface area contributed by atoms with Gasteiger partial charge in [-0.3, -0.25) is 0 Å². The first-order valence-electron chi connectivity index (χ1n) is 7.30. The summed E-state index contributed by atoms with van der Waals surface area (Å²) in [6, 6.07) is 12.5. The summed E-state index contributed by atoms with van der Waals surface area (Å²) in [6.45, 7) is 2.60. The Kier molecular flexibility index (Phi) is 5.23. The van der Waals surface area contributed by atoms with E-state index in [9.17, 15) is 0 Å². The quantitative estimate of drug-likeness (QED) is 0.614. The fourth-order valence-electron chi connectivity index (χ4n) is 2.07. The average molecular weight is 365 g/mol. The molecule has 0 N–H and O–H groups in total. The molecule has 0 bridgehead atoms. The first kappa shape index (κ1) is 16.6. The summed E-state index contributed by atoms with van der Waals surface area (Å²) in [5.41, 5.74) is 0.620. The molecular formula is C17H14Cl2N2O3. The largest absolute Gasteiger partial charge is 0.490 e. The summed E-state index contributed by atoms with van der Waals surface area (Å²) in [5.74, 6) is 1.93. The van der Waals surface area contributed by atoms with E-state index in [1.165, 1.54) is 0 Å². The second-order valence-electron chi connectivity index (χ2n) is 4.79. The van der Waals surface area contributed by atoms with Crippen LogP contribution in [-0.2, 0) is 6.61 Å². The lowest BCUT2D eigenvalue weighted by Crippen LogP contribution is -1.99. The number of hydrogen-bond acceptors (Lipinski definition) is 5. The van der Waals surface area contributed by atoms with E-state index in [4.69, 9.17) is 37.1 Å². The molecule has 124 valence electrons. The molecule has 0 saturated carbocycles. The van der Waals surface area contributed by atoms with E-state index in [-0.39, 0.29) is 6.61 Å². The summed E-state index contributed by atoms with van der Waals surface area (Å²) in [7, 11) is 0. The standard InChI is InChI=1S/C17H14Cl2N2O3/c1-2-22-14-5-3-4-6-15(14)23-10-16-20-21-17(24-16)12-8-7-11(18)9-13(12)19/h3-9H,2,10H2,1H3. The number of nitrogens with zero attached hydrogens (tertiary/aromatic N) is 2. The fourth-order valence-corrected chi connectivity index (χ4v) is 2.56. The second-order valence-corrected chi connectivity index (χ2v) is 5.64. The van der Waals surface area contributed by atoms with Crippen molar-refractivity contribution in [3.8, 4) is 23.0 Å². The summed E-state index contributed by atoms with van der Waals surface area (Å²) in [6.07, 6.45) is 0. The van der Waals surface area contributed by atoms with Crippen molar-refractivity contribution < 1.29 is 13.9 Å². The normalized spacial score (nSPS) is 10.6. The monoisotopic (exact) mass is 364 g/mol. The number of para-hydroxylation sites is 2. The van der Waals surface area contributed by atoms with Gasteiger partial charge in [0.1, 0.15) is 0 Å². The number of ether oxygens (including phenoxy) is 2. The predicted molar refractivity (Wildman–Crippen MR) is 91.7 cm³/mol. The van der Waals surface area contributed by atoms with Crippen molar-refractivity contribution in [2.45, 2.75) is 13.5 Å². The molecule has 0 saturated heterocycles. The highest BCUT2D eigenvalue weighted by Gasteiger charge is 2.13. The summed E-state index contributed by atoms with van der Waals surface area (Å²) >= 11 is 12.0. The van der Waals surface area contributed by atoms with E-state index in [0.717, 1.165) is 0 Å². The Labute approximate surface area is 149 Å². The van der Waals surface area contributed by atoms with E-state index in [2.05, 4.69) is 10.2 Å². The van der Waals surface area contributed by atoms with Crippen LogP contribution in [0.3, 0.4) is 0 Å². The Morgan fingerprint density at radius 2 is 1.75 bits per heavy atom. The minimum Gasteiger partial charge on any atom is -0.490 e. The Bertz CT molecular complexity index is 836. The maximum Gasteiger partial charge on any atom is 0.254 e. The van der Waals surface area contributed by atoms with Crippen molar-refractivity contribution in [3.05, 3.63) is 58.4 Å². The first-order chi connectivity index (χ1) is 11.7. The van der Waals surface area contributed by atoms with Crippen LogP contribution in [0.1, 0.15) is 12.8 Å². The summed E-state index contributed by atoms with van der Waals surface area (Å²) in [4.78, 5) is 0. The highest BCUT2D eigenvalue weighted by atomic mass is 35.5. The molecule has 3 rings (SSSR count). The van der Waals surface area contributed by atoms with Crippen LogP contribution in [0.25, 0.3) is 11.5 Å². The molecule has 0 atom stereocenters. The molecule has 0 aliphatic rings. The lowest BCUT2D eigenvalue weighted by atomic mass is 10.2. The van der Waals surface area contributed by atoms with Gasteiger partial charge >= 0.3 is 0 Å². The number of benzene rings is 2. The minimum absolute atomic E-state index is 0.127. The zero-order chi connectivity index (χ0) is 16.9. The minimum atomic E-state index is 0.127. The molecule has 24 heavy (non-hydrogen) atoms. The molecule has 3 aromatic rings. The molecular weight excluding hydrogens is 351 g/mol. The molecule has 1 heterocycles. The molecule has 0 aliphatic carbocycles. The van der Waals surface area contributed by atoms with Gasteiger partial charge in [0, 0.05) is 5.02 Å². The molecule has 0 radical (unpaired) electrons. The fraction of sp³-hybridized carbons (Fsp3) is 0.176. The zero-order valence-corrected chi connectivity index (χ0v) is 14.3. The molecule has 5 nitrogen and oxygen atoms in total. The highest BCUT2D eigenvalue weighted by molar-refractivity contribution is 6.36. The van der Waals surface area contributed by atoms with Gasteiger partial charge in [-0.2, -0.15) is 0 Å². The molecule has 2 aromatic carbocycles. The Balaban J connectivity index is 1.73. The summed E-state index contributed by atoms with van der Waals surface area (Å²) < 4.78 is 16.8. The Morgan fingerprint density at radius 3 is 2.46 bits per heavy atom. The van der Waals surface area contributed by atoms with Gasteiger partial charge in [0.15, 0.2) is 18.1 Å². The van der Waals surface area contributed by atoms with Crippen molar-refractivity contribution in [2.75, 3.05) is 6.61 Å². The lowest BCUT2D eigenvalue weighted by molar-refractivity contribution is 0.243. The molecule has 0 unspecified atom stereocenters. The van der Waals surface area contributed by atoms with Gasteiger partial charge in [0.25, 0.3) is 5.89 Å². The third kappa shape index (κ3) is 3.80. The van der Waals surface area contributed by atoms with Crippen molar-refractivity contribution in [3.63, 3.8) is 0 Å². The molecule has 0 spiro atoms. The number of halogens is 2. The van der Waals surface area contributed by atoms with Crippen LogP contribution in [0, 0.1) is 0 Å². The van der Waals surface area contributed by atoms with Crippen LogP contribution in [0.2, 0.25) is 10.0 Å². The van der Waals surface area contributed by atoms with Gasteiger partial charge in [-0.1, -0.05) is 35.3 Å². The first-order valence-corrected chi connectivity index (χ1v) is 8.05. The van der Waals surface area contributed by atoms with Gasteiger partial charge in [0.2, 0.25) is 5.89 Å². The van der Waals surface area contributed by atoms with E-state index in [1.54, 1.807) is 18.2 Å².